The van der Waals surface area contributed by atoms with E-state index in [1.807, 2.05) is 7.11 Å². The fraction of sp³-hybridized carbons (Fsp3) is 1.00. The van der Waals surface area contributed by atoms with Crippen LogP contribution in [0.3, 0.4) is 0 Å². The molecule has 2 rings (SSSR count). The highest BCUT2D eigenvalue weighted by Crippen LogP contribution is 2.25. The van der Waals surface area contributed by atoms with Crippen molar-refractivity contribution in [3.63, 3.8) is 0 Å². The van der Waals surface area contributed by atoms with Crippen molar-refractivity contribution in [1.29, 1.82) is 0 Å². The van der Waals surface area contributed by atoms with Gasteiger partial charge in [0, 0.05) is 13.2 Å². The first-order valence-electron chi connectivity index (χ1n) is 6.66. The summed E-state index contributed by atoms with van der Waals surface area (Å²) in [5.41, 5.74) is 0. The lowest BCUT2D eigenvalue weighted by molar-refractivity contribution is 0.0831. The molecule has 2 heteroatoms. The molecule has 0 aromatic heterocycles. The van der Waals surface area contributed by atoms with Crippen molar-refractivity contribution < 1.29 is 4.74 Å². The monoisotopic (exact) mass is 211 g/mol. The van der Waals surface area contributed by atoms with E-state index >= 15 is 0 Å². The summed E-state index contributed by atoms with van der Waals surface area (Å²) in [6, 6.07) is 0.636. The number of hydrogen-bond acceptors (Lipinski definition) is 2. The second-order valence-corrected chi connectivity index (χ2v) is 5.22. The highest BCUT2D eigenvalue weighted by atomic mass is 16.5. The Hall–Kier alpha value is -0.0800. The molecule has 0 aromatic rings. The molecule has 1 N–H and O–H groups in total. The van der Waals surface area contributed by atoms with Gasteiger partial charge in [-0.2, -0.15) is 0 Å². The van der Waals surface area contributed by atoms with Crippen LogP contribution in [0.4, 0.5) is 0 Å². The van der Waals surface area contributed by atoms with Gasteiger partial charge in [0.15, 0.2) is 0 Å². The molecule has 2 saturated carbocycles. The standard InChI is InChI=1S/C13H25NO/c1-15-13-9-5-8-12(13)14-10-11-6-3-2-4-7-11/h11-14H,2-10H2,1H3. The molecule has 2 nitrogen and oxygen atoms in total. The molecule has 0 spiro atoms. The zero-order valence-corrected chi connectivity index (χ0v) is 10.0. The van der Waals surface area contributed by atoms with Crippen LogP contribution in [0.2, 0.25) is 0 Å². The SMILES string of the molecule is COC1CCCC1NCC1CCCCC1. The van der Waals surface area contributed by atoms with E-state index < -0.39 is 0 Å². The molecule has 88 valence electrons. The van der Waals surface area contributed by atoms with E-state index in [2.05, 4.69) is 5.32 Å². The van der Waals surface area contributed by atoms with Crippen LogP contribution < -0.4 is 5.32 Å². The average Bonchev–Trinajstić information content (AvgIpc) is 2.75. The van der Waals surface area contributed by atoms with Crippen LogP contribution in [-0.2, 0) is 4.74 Å². The van der Waals surface area contributed by atoms with Crippen LogP contribution in [-0.4, -0.2) is 25.8 Å². The Morgan fingerprint density at radius 2 is 1.80 bits per heavy atom. The van der Waals surface area contributed by atoms with Gasteiger partial charge in [0.2, 0.25) is 0 Å². The maximum atomic E-state index is 5.50. The van der Waals surface area contributed by atoms with Gasteiger partial charge in [0.1, 0.15) is 0 Å². The molecular weight excluding hydrogens is 186 g/mol. The normalized spacial score (nSPS) is 33.4. The molecule has 2 aliphatic carbocycles. The summed E-state index contributed by atoms with van der Waals surface area (Å²) in [5, 5.41) is 3.73. The fourth-order valence-corrected chi connectivity index (χ4v) is 3.15. The van der Waals surface area contributed by atoms with E-state index in [0.29, 0.717) is 12.1 Å². The summed E-state index contributed by atoms with van der Waals surface area (Å²) in [6.07, 6.45) is 11.6. The zero-order valence-electron chi connectivity index (χ0n) is 10.0. The Morgan fingerprint density at radius 1 is 1.00 bits per heavy atom. The average molecular weight is 211 g/mol. The molecule has 0 aromatic carbocycles. The zero-order chi connectivity index (χ0) is 10.5. The minimum absolute atomic E-state index is 0.480. The lowest BCUT2D eigenvalue weighted by atomic mass is 9.89. The molecule has 0 amide bonds. The maximum absolute atomic E-state index is 5.50. The van der Waals surface area contributed by atoms with Crippen LogP contribution in [0.1, 0.15) is 51.4 Å². The Morgan fingerprint density at radius 3 is 2.53 bits per heavy atom. The molecule has 0 heterocycles. The largest absolute Gasteiger partial charge is 0.380 e. The molecule has 2 unspecified atom stereocenters. The highest BCUT2D eigenvalue weighted by Gasteiger charge is 2.27. The van der Waals surface area contributed by atoms with Gasteiger partial charge in [0.25, 0.3) is 0 Å². The highest BCUT2D eigenvalue weighted by molar-refractivity contribution is 4.84. The summed E-state index contributed by atoms with van der Waals surface area (Å²) < 4.78 is 5.50. The minimum atomic E-state index is 0.480. The van der Waals surface area contributed by atoms with Crippen molar-refractivity contribution in [1.82, 2.24) is 5.32 Å². The van der Waals surface area contributed by atoms with E-state index in [1.54, 1.807) is 0 Å². The van der Waals surface area contributed by atoms with Gasteiger partial charge < -0.3 is 10.1 Å². The fourth-order valence-electron chi connectivity index (χ4n) is 3.15. The van der Waals surface area contributed by atoms with E-state index in [1.165, 1.54) is 57.9 Å². The van der Waals surface area contributed by atoms with Crippen molar-refractivity contribution in [2.75, 3.05) is 13.7 Å². The maximum Gasteiger partial charge on any atom is 0.0724 e. The van der Waals surface area contributed by atoms with Gasteiger partial charge in [-0.1, -0.05) is 19.3 Å². The second-order valence-electron chi connectivity index (χ2n) is 5.22. The summed E-state index contributed by atoms with van der Waals surface area (Å²) in [6.45, 7) is 1.23. The number of ether oxygens (including phenoxy) is 1. The van der Waals surface area contributed by atoms with Crippen LogP contribution in [0.5, 0.6) is 0 Å². The summed E-state index contributed by atoms with van der Waals surface area (Å²) in [5.74, 6) is 0.942. The van der Waals surface area contributed by atoms with Gasteiger partial charge >= 0.3 is 0 Å². The van der Waals surface area contributed by atoms with Crippen LogP contribution in [0, 0.1) is 5.92 Å². The molecule has 2 fully saturated rings. The lowest BCUT2D eigenvalue weighted by Crippen LogP contribution is -2.39. The van der Waals surface area contributed by atoms with Crippen molar-refractivity contribution in [2.45, 2.75) is 63.5 Å². The summed E-state index contributed by atoms with van der Waals surface area (Å²) >= 11 is 0. The molecule has 15 heavy (non-hydrogen) atoms. The second kappa shape index (κ2) is 5.86. The number of rotatable bonds is 4. The van der Waals surface area contributed by atoms with Crippen LogP contribution in [0.25, 0.3) is 0 Å². The molecule has 0 radical (unpaired) electrons. The quantitative estimate of drug-likeness (QED) is 0.772. The van der Waals surface area contributed by atoms with E-state index in [4.69, 9.17) is 4.74 Å². The Bertz CT molecular complexity index is 177. The van der Waals surface area contributed by atoms with E-state index in [0.717, 1.165) is 5.92 Å². The van der Waals surface area contributed by atoms with Crippen molar-refractivity contribution in [3.05, 3.63) is 0 Å². The predicted octanol–water partition coefficient (Wildman–Crippen LogP) is 2.72. The van der Waals surface area contributed by atoms with Gasteiger partial charge in [-0.15, -0.1) is 0 Å². The van der Waals surface area contributed by atoms with Crippen molar-refractivity contribution >= 4 is 0 Å². The third kappa shape index (κ3) is 3.18. The van der Waals surface area contributed by atoms with Crippen molar-refractivity contribution in [2.24, 2.45) is 5.92 Å². The molecule has 0 aliphatic heterocycles. The molecule has 0 saturated heterocycles. The molecule has 2 aliphatic rings. The van der Waals surface area contributed by atoms with Crippen LogP contribution >= 0.6 is 0 Å². The van der Waals surface area contributed by atoms with Gasteiger partial charge in [-0.05, 0) is 44.6 Å². The van der Waals surface area contributed by atoms with Crippen LogP contribution in [0.15, 0.2) is 0 Å². The van der Waals surface area contributed by atoms with Gasteiger partial charge in [-0.3, -0.25) is 0 Å². The van der Waals surface area contributed by atoms with E-state index in [-0.39, 0.29) is 0 Å². The van der Waals surface area contributed by atoms with Crippen molar-refractivity contribution in [3.8, 4) is 0 Å². The lowest BCUT2D eigenvalue weighted by Gasteiger charge is -2.26. The van der Waals surface area contributed by atoms with Gasteiger partial charge in [-0.25, -0.2) is 0 Å². The topological polar surface area (TPSA) is 21.3 Å². The Labute approximate surface area is 93.8 Å². The minimum Gasteiger partial charge on any atom is -0.380 e. The van der Waals surface area contributed by atoms with E-state index in [9.17, 15) is 0 Å². The first-order chi connectivity index (χ1) is 7.40. The number of methoxy groups -OCH3 is 1. The third-order valence-corrected chi connectivity index (χ3v) is 4.15. The predicted molar refractivity (Wildman–Crippen MR) is 63.0 cm³/mol. The van der Waals surface area contributed by atoms with Gasteiger partial charge in [0.05, 0.1) is 6.10 Å². The Kier molecular flexibility index (Phi) is 4.45. The molecule has 2 atom stereocenters. The summed E-state index contributed by atoms with van der Waals surface area (Å²) in [4.78, 5) is 0. The third-order valence-electron chi connectivity index (χ3n) is 4.15. The molecular formula is C13H25NO. The Balaban J connectivity index is 1.67. The number of hydrogen-bond donors (Lipinski definition) is 1. The smallest absolute Gasteiger partial charge is 0.0724 e. The summed E-state index contributed by atoms with van der Waals surface area (Å²) in [7, 11) is 1.85. The first kappa shape index (κ1) is 11.4. The number of nitrogens with one attached hydrogen (secondary N) is 1. The molecule has 0 bridgehead atoms. The first-order valence-corrected chi connectivity index (χ1v) is 6.66.